The van der Waals surface area contributed by atoms with Crippen LogP contribution in [-0.2, 0) is 14.6 Å². The van der Waals surface area contributed by atoms with Crippen LogP contribution in [0.5, 0.6) is 0 Å². The summed E-state index contributed by atoms with van der Waals surface area (Å²) < 4.78 is 28.5. The van der Waals surface area contributed by atoms with E-state index in [9.17, 15) is 13.7 Å². The minimum Gasteiger partial charge on any atom is -0.380 e. The van der Waals surface area contributed by atoms with Gasteiger partial charge in [-0.15, -0.1) is 0 Å². The van der Waals surface area contributed by atoms with Crippen LogP contribution in [0.15, 0.2) is 5.16 Å². The first-order valence-corrected chi connectivity index (χ1v) is 8.21. The van der Waals surface area contributed by atoms with E-state index < -0.39 is 9.84 Å². The van der Waals surface area contributed by atoms with Gasteiger partial charge in [0.1, 0.15) is 11.6 Å². The summed E-state index contributed by atoms with van der Waals surface area (Å²) in [5, 5.41) is 8.65. The maximum absolute atomic E-state index is 11.6. The van der Waals surface area contributed by atoms with E-state index in [0.717, 1.165) is 12.7 Å². The highest BCUT2D eigenvalue weighted by atomic mass is 35.5. The summed E-state index contributed by atoms with van der Waals surface area (Å²) >= 11 is 5.90. The van der Waals surface area contributed by atoms with E-state index >= 15 is 0 Å². The van der Waals surface area contributed by atoms with Crippen molar-refractivity contribution in [2.45, 2.75) is 11.6 Å². The van der Waals surface area contributed by atoms with Crippen molar-refractivity contribution in [3.63, 3.8) is 0 Å². The highest BCUT2D eigenvalue weighted by Crippen LogP contribution is 2.25. The number of halogens is 1. The quantitative estimate of drug-likeness (QED) is 0.583. The fourth-order valence-corrected chi connectivity index (χ4v) is 2.62. The average Bonchev–Trinajstić information content (AvgIpc) is 2.65. The average molecular weight is 317 g/mol. The second-order valence-corrected chi connectivity index (χ2v) is 6.60. The third-order valence-corrected chi connectivity index (χ3v) is 3.91. The fraction of sp³-hybridized carbons (Fsp3) is 0.545. The van der Waals surface area contributed by atoms with Crippen LogP contribution in [0.4, 0.5) is 5.82 Å². The van der Waals surface area contributed by atoms with Gasteiger partial charge in [-0.2, -0.15) is 10.2 Å². The first-order chi connectivity index (χ1) is 9.43. The summed E-state index contributed by atoms with van der Waals surface area (Å²) in [6.45, 7) is 2.24. The van der Waals surface area contributed by atoms with Gasteiger partial charge in [-0.3, -0.25) is 0 Å². The molecule has 20 heavy (non-hydrogen) atoms. The predicted octanol–water partition coefficient (Wildman–Crippen LogP) is 0.632. The Labute approximate surface area is 122 Å². The first-order valence-electron chi connectivity index (χ1n) is 5.94. The molecule has 1 saturated heterocycles. The Balaban J connectivity index is 2.54. The molecular formula is C11H13ClN4O3S. The van der Waals surface area contributed by atoms with Crippen molar-refractivity contribution >= 4 is 27.3 Å². The number of anilines is 1. The number of rotatable bonds is 2. The number of aromatic nitrogens is 2. The van der Waals surface area contributed by atoms with Crippen LogP contribution >= 0.6 is 11.6 Å². The lowest BCUT2D eigenvalue weighted by Crippen LogP contribution is -2.28. The molecule has 0 amide bonds. The number of nitrogens with zero attached hydrogens (tertiary/aromatic N) is 4. The molecule has 1 aliphatic rings. The smallest absolute Gasteiger partial charge is 0.250 e. The summed E-state index contributed by atoms with van der Waals surface area (Å²) in [5.74, 6) is 0.249. The molecule has 1 aromatic rings. The third kappa shape index (κ3) is 3.17. The van der Waals surface area contributed by atoms with Gasteiger partial charge in [0.05, 0.1) is 6.61 Å². The molecule has 0 aliphatic carbocycles. The summed E-state index contributed by atoms with van der Waals surface area (Å²) in [5.41, 5.74) is 0.0842. The molecule has 1 fully saturated rings. The summed E-state index contributed by atoms with van der Waals surface area (Å²) in [7, 11) is -3.59. The highest BCUT2D eigenvalue weighted by Gasteiger charge is 2.23. The SMILES string of the molecule is CS(=O)(=O)c1nc(Cl)c(C#N)c(N2CCCOCC2)n1. The topological polar surface area (TPSA) is 96.2 Å². The standard InChI is InChI=1S/C11H13ClN4O3S/c1-20(17,18)11-14-9(12)8(7-13)10(15-11)16-3-2-5-19-6-4-16/h2-6H2,1H3. The lowest BCUT2D eigenvalue weighted by molar-refractivity contribution is 0.152. The lowest BCUT2D eigenvalue weighted by Gasteiger charge is -2.22. The monoisotopic (exact) mass is 316 g/mol. The Morgan fingerprint density at radius 1 is 1.35 bits per heavy atom. The molecule has 0 bridgehead atoms. The molecule has 1 aromatic heterocycles. The molecule has 9 heteroatoms. The molecular weight excluding hydrogens is 304 g/mol. The van der Waals surface area contributed by atoms with Gasteiger partial charge in [-0.25, -0.2) is 13.4 Å². The van der Waals surface area contributed by atoms with E-state index in [1.54, 1.807) is 4.90 Å². The van der Waals surface area contributed by atoms with Gasteiger partial charge in [0.25, 0.3) is 0 Å². The normalized spacial score (nSPS) is 16.6. The van der Waals surface area contributed by atoms with Gasteiger partial charge < -0.3 is 9.64 Å². The van der Waals surface area contributed by atoms with Crippen LogP contribution in [-0.4, -0.2) is 50.9 Å². The van der Waals surface area contributed by atoms with Gasteiger partial charge in [0.2, 0.25) is 15.0 Å². The minimum atomic E-state index is -3.59. The van der Waals surface area contributed by atoms with Crippen molar-refractivity contribution in [1.29, 1.82) is 5.26 Å². The van der Waals surface area contributed by atoms with E-state index in [1.807, 2.05) is 6.07 Å². The minimum absolute atomic E-state index is 0.0842. The molecule has 0 spiro atoms. The zero-order valence-electron chi connectivity index (χ0n) is 10.8. The van der Waals surface area contributed by atoms with Gasteiger partial charge in [0.15, 0.2) is 11.0 Å². The molecule has 0 unspecified atom stereocenters. The Hall–Kier alpha value is -1.43. The van der Waals surface area contributed by atoms with Crippen molar-refractivity contribution < 1.29 is 13.2 Å². The zero-order chi connectivity index (χ0) is 14.8. The van der Waals surface area contributed by atoms with Crippen molar-refractivity contribution in [2.24, 2.45) is 0 Å². The Morgan fingerprint density at radius 3 is 2.75 bits per heavy atom. The van der Waals surface area contributed by atoms with Crippen LogP contribution in [0, 0.1) is 11.3 Å². The molecule has 2 rings (SSSR count). The molecule has 7 nitrogen and oxygen atoms in total. The van der Waals surface area contributed by atoms with Gasteiger partial charge in [0, 0.05) is 26.0 Å². The number of nitriles is 1. The molecule has 0 N–H and O–H groups in total. The van der Waals surface area contributed by atoms with Crippen molar-refractivity contribution in [3.05, 3.63) is 10.7 Å². The third-order valence-electron chi connectivity index (χ3n) is 2.79. The second kappa shape index (κ2) is 5.91. The number of hydrogen-bond donors (Lipinski definition) is 0. The highest BCUT2D eigenvalue weighted by molar-refractivity contribution is 7.90. The molecule has 0 atom stereocenters. The van der Waals surface area contributed by atoms with E-state index in [2.05, 4.69) is 9.97 Å². The number of ether oxygens (including phenoxy) is 1. The predicted molar refractivity (Wildman–Crippen MR) is 72.5 cm³/mol. The van der Waals surface area contributed by atoms with E-state index in [4.69, 9.17) is 16.3 Å². The van der Waals surface area contributed by atoms with Crippen molar-refractivity contribution in [1.82, 2.24) is 9.97 Å². The molecule has 1 aliphatic heterocycles. The van der Waals surface area contributed by atoms with Gasteiger partial charge in [-0.1, -0.05) is 11.6 Å². The summed E-state index contributed by atoms with van der Waals surface area (Å²) in [6, 6.07) is 1.93. The lowest BCUT2D eigenvalue weighted by atomic mass is 10.3. The zero-order valence-corrected chi connectivity index (χ0v) is 12.4. The Bertz CT molecular complexity index is 648. The second-order valence-electron chi connectivity index (χ2n) is 4.33. The van der Waals surface area contributed by atoms with E-state index in [-0.39, 0.29) is 21.7 Å². The maximum Gasteiger partial charge on any atom is 0.250 e. The molecule has 108 valence electrons. The molecule has 0 radical (unpaired) electrons. The van der Waals surface area contributed by atoms with Crippen LogP contribution in [0.25, 0.3) is 0 Å². The van der Waals surface area contributed by atoms with Gasteiger partial charge >= 0.3 is 0 Å². The molecule has 0 aromatic carbocycles. The van der Waals surface area contributed by atoms with Crippen molar-refractivity contribution in [2.75, 3.05) is 37.5 Å². The number of hydrogen-bond acceptors (Lipinski definition) is 7. The Morgan fingerprint density at radius 2 is 2.10 bits per heavy atom. The van der Waals surface area contributed by atoms with Crippen LogP contribution < -0.4 is 4.90 Å². The summed E-state index contributed by atoms with van der Waals surface area (Å²) in [4.78, 5) is 9.48. The molecule has 0 saturated carbocycles. The van der Waals surface area contributed by atoms with E-state index in [0.29, 0.717) is 26.3 Å². The van der Waals surface area contributed by atoms with Gasteiger partial charge in [-0.05, 0) is 6.42 Å². The summed E-state index contributed by atoms with van der Waals surface area (Å²) in [6.07, 6.45) is 1.76. The largest absolute Gasteiger partial charge is 0.380 e. The molecule has 2 heterocycles. The van der Waals surface area contributed by atoms with Crippen LogP contribution in [0.3, 0.4) is 0 Å². The van der Waals surface area contributed by atoms with E-state index in [1.165, 1.54) is 0 Å². The number of sulfone groups is 1. The fourth-order valence-electron chi connectivity index (χ4n) is 1.85. The van der Waals surface area contributed by atoms with Crippen molar-refractivity contribution in [3.8, 4) is 6.07 Å². The van der Waals surface area contributed by atoms with Crippen LogP contribution in [0.2, 0.25) is 5.15 Å². The maximum atomic E-state index is 11.6. The van der Waals surface area contributed by atoms with Crippen LogP contribution in [0.1, 0.15) is 12.0 Å². The Kier molecular flexibility index (Phi) is 4.42. The first kappa shape index (κ1) is 15.0.